The number of aryl methyl sites for hydroxylation is 1. The van der Waals surface area contributed by atoms with E-state index in [9.17, 15) is 4.79 Å². The fraction of sp³-hybridized carbons (Fsp3) is 0.400. The van der Waals surface area contributed by atoms with Gasteiger partial charge in [-0.1, -0.05) is 20.8 Å². The van der Waals surface area contributed by atoms with Crippen LogP contribution in [0.3, 0.4) is 0 Å². The number of rotatable bonds is 3. The van der Waals surface area contributed by atoms with Gasteiger partial charge in [0, 0.05) is 18.8 Å². The Kier molecular flexibility index (Phi) is 4.14. The molecule has 0 aliphatic carbocycles. The molecule has 0 aromatic carbocycles. The van der Waals surface area contributed by atoms with Crippen molar-refractivity contribution in [2.24, 2.45) is 12.5 Å². The van der Waals surface area contributed by atoms with Gasteiger partial charge in [-0.05, 0) is 16.9 Å². The van der Waals surface area contributed by atoms with Gasteiger partial charge < -0.3 is 5.32 Å². The van der Waals surface area contributed by atoms with Crippen LogP contribution in [0.25, 0.3) is 0 Å². The zero-order valence-corrected chi connectivity index (χ0v) is 13.4. The number of thiophene rings is 1. The summed E-state index contributed by atoms with van der Waals surface area (Å²) in [6, 6.07) is 3.53. The van der Waals surface area contributed by atoms with Crippen LogP contribution in [0.2, 0.25) is 0 Å². The van der Waals surface area contributed by atoms with E-state index in [1.165, 1.54) is 11.3 Å². The highest BCUT2D eigenvalue weighted by atomic mass is 32.1. The maximum absolute atomic E-state index is 12.4. The van der Waals surface area contributed by atoms with Crippen molar-refractivity contribution in [1.82, 2.24) is 15.1 Å². The number of hydrogen-bond donors (Lipinski definition) is 1. The van der Waals surface area contributed by atoms with E-state index in [1.54, 1.807) is 22.3 Å². The Morgan fingerprint density at radius 1 is 1.52 bits per heavy atom. The van der Waals surface area contributed by atoms with Gasteiger partial charge in [-0.3, -0.25) is 9.48 Å². The van der Waals surface area contributed by atoms with Gasteiger partial charge in [0.1, 0.15) is 10.9 Å². The molecule has 1 unspecified atom stereocenters. The van der Waals surface area contributed by atoms with Gasteiger partial charge in [-0.25, -0.2) is 0 Å². The van der Waals surface area contributed by atoms with Gasteiger partial charge in [0.2, 0.25) is 0 Å². The van der Waals surface area contributed by atoms with Crippen LogP contribution in [0, 0.1) is 16.7 Å². The third kappa shape index (κ3) is 3.31. The van der Waals surface area contributed by atoms with E-state index in [4.69, 9.17) is 5.26 Å². The fourth-order valence-corrected chi connectivity index (χ4v) is 2.91. The molecule has 110 valence electrons. The first-order chi connectivity index (χ1) is 9.82. The molecule has 2 aromatic rings. The third-order valence-corrected chi connectivity index (χ3v) is 4.10. The highest BCUT2D eigenvalue weighted by Crippen LogP contribution is 2.33. The molecule has 2 aromatic heterocycles. The largest absolute Gasteiger partial charge is 0.344 e. The molecule has 0 aliphatic rings. The van der Waals surface area contributed by atoms with Crippen molar-refractivity contribution in [3.63, 3.8) is 0 Å². The number of nitriles is 1. The first kappa shape index (κ1) is 15.3. The molecule has 5 nitrogen and oxygen atoms in total. The molecule has 1 atom stereocenters. The Morgan fingerprint density at radius 2 is 2.24 bits per heavy atom. The summed E-state index contributed by atoms with van der Waals surface area (Å²) in [4.78, 5) is 12.9. The highest BCUT2D eigenvalue weighted by molar-refractivity contribution is 7.12. The van der Waals surface area contributed by atoms with Gasteiger partial charge >= 0.3 is 0 Å². The number of nitrogens with one attached hydrogen (secondary N) is 1. The number of aromatic nitrogens is 2. The van der Waals surface area contributed by atoms with Crippen LogP contribution in [0.15, 0.2) is 23.8 Å². The monoisotopic (exact) mass is 302 g/mol. The third-order valence-electron chi connectivity index (χ3n) is 3.19. The summed E-state index contributed by atoms with van der Waals surface area (Å²) in [5.41, 5.74) is 1.20. The molecular formula is C15H18N4OS. The smallest absolute Gasteiger partial charge is 0.263 e. The van der Waals surface area contributed by atoms with Gasteiger partial charge in [0.05, 0.1) is 17.8 Å². The molecule has 1 N–H and O–H groups in total. The maximum Gasteiger partial charge on any atom is 0.263 e. The lowest BCUT2D eigenvalue weighted by atomic mass is 9.83. The average Bonchev–Trinajstić information content (AvgIpc) is 3.02. The predicted molar refractivity (Wildman–Crippen MR) is 81.9 cm³/mol. The van der Waals surface area contributed by atoms with Crippen LogP contribution < -0.4 is 5.32 Å². The zero-order valence-electron chi connectivity index (χ0n) is 12.5. The van der Waals surface area contributed by atoms with Crippen LogP contribution in [0.4, 0.5) is 0 Å². The minimum atomic E-state index is -0.217. The fourth-order valence-electron chi connectivity index (χ4n) is 2.16. The lowest BCUT2D eigenvalue weighted by Crippen LogP contribution is -2.36. The van der Waals surface area contributed by atoms with E-state index in [-0.39, 0.29) is 17.4 Å². The topological polar surface area (TPSA) is 70.7 Å². The van der Waals surface area contributed by atoms with E-state index < -0.39 is 0 Å². The van der Waals surface area contributed by atoms with Crippen molar-refractivity contribution in [2.45, 2.75) is 26.8 Å². The molecule has 0 radical (unpaired) electrons. The average molecular weight is 302 g/mol. The van der Waals surface area contributed by atoms with Crippen molar-refractivity contribution in [1.29, 1.82) is 5.26 Å². The van der Waals surface area contributed by atoms with E-state index in [1.807, 2.05) is 19.3 Å². The van der Waals surface area contributed by atoms with Crippen LogP contribution in [-0.4, -0.2) is 15.7 Å². The van der Waals surface area contributed by atoms with Crippen LogP contribution in [0.5, 0.6) is 0 Å². The number of hydrogen-bond acceptors (Lipinski definition) is 4. The lowest BCUT2D eigenvalue weighted by molar-refractivity contribution is 0.0905. The van der Waals surface area contributed by atoms with Gasteiger partial charge in [0.25, 0.3) is 5.91 Å². The lowest BCUT2D eigenvalue weighted by Gasteiger charge is -2.30. The van der Waals surface area contributed by atoms with Crippen LogP contribution >= 0.6 is 11.3 Å². The Morgan fingerprint density at radius 3 is 2.76 bits per heavy atom. The summed E-state index contributed by atoms with van der Waals surface area (Å²) in [6.07, 6.45) is 3.66. The van der Waals surface area contributed by atoms with Crippen molar-refractivity contribution in [3.8, 4) is 6.07 Å². The number of amides is 1. The quantitative estimate of drug-likeness (QED) is 0.947. The Labute approximate surface area is 128 Å². The van der Waals surface area contributed by atoms with Crippen molar-refractivity contribution >= 4 is 17.2 Å². The maximum atomic E-state index is 12.4. The molecule has 6 heteroatoms. The normalized spacial score (nSPS) is 12.7. The summed E-state index contributed by atoms with van der Waals surface area (Å²) in [5, 5.41) is 18.0. The van der Waals surface area contributed by atoms with Crippen molar-refractivity contribution < 1.29 is 4.79 Å². The first-order valence-corrected chi connectivity index (χ1v) is 7.48. The SMILES string of the molecule is Cn1cc(C(NC(=O)c2sccc2C#N)C(C)(C)C)cn1. The Bertz CT molecular complexity index is 687. The minimum absolute atomic E-state index is 0.164. The molecular weight excluding hydrogens is 284 g/mol. The van der Waals surface area contributed by atoms with Crippen LogP contribution in [0.1, 0.15) is 47.6 Å². The summed E-state index contributed by atoms with van der Waals surface area (Å²) in [6.45, 7) is 6.18. The second-order valence-corrected chi connectivity index (χ2v) is 6.91. The van der Waals surface area contributed by atoms with E-state index in [0.717, 1.165) is 5.56 Å². The molecule has 0 fully saturated rings. The summed E-state index contributed by atoms with van der Waals surface area (Å²) in [5.74, 6) is -0.217. The Hall–Kier alpha value is -2.13. The summed E-state index contributed by atoms with van der Waals surface area (Å²) >= 11 is 1.28. The predicted octanol–water partition coefficient (Wildman–Crippen LogP) is 2.87. The molecule has 1 amide bonds. The van der Waals surface area contributed by atoms with Gasteiger partial charge in [0.15, 0.2) is 0 Å². The summed E-state index contributed by atoms with van der Waals surface area (Å²) < 4.78 is 1.71. The zero-order chi connectivity index (χ0) is 15.6. The molecule has 21 heavy (non-hydrogen) atoms. The van der Waals surface area contributed by atoms with E-state index in [0.29, 0.717) is 10.4 Å². The molecule has 0 aliphatic heterocycles. The standard InChI is InChI=1S/C15H18N4OS/c1-15(2,3)13(11-8-17-19(4)9-11)18-14(20)12-10(7-16)5-6-21-12/h5-6,8-9,13H,1-4H3,(H,18,20). The van der Waals surface area contributed by atoms with Gasteiger partial charge in [-0.15, -0.1) is 11.3 Å². The highest BCUT2D eigenvalue weighted by Gasteiger charge is 2.30. The molecule has 0 saturated carbocycles. The molecule has 2 rings (SSSR count). The second kappa shape index (κ2) is 5.70. The number of nitrogens with zero attached hydrogens (tertiary/aromatic N) is 3. The van der Waals surface area contributed by atoms with Crippen LogP contribution in [-0.2, 0) is 7.05 Å². The Balaban J connectivity index is 2.28. The molecule has 0 saturated heterocycles. The minimum Gasteiger partial charge on any atom is -0.344 e. The number of carbonyl (C=O) groups excluding carboxylic acids is 1. The van der Waals surface area contributed by atoms with E-state index in [2.05, 4.69) is 31.2 Å². The number of carbonyl (C=O) groups is 1. The summed E-state index contributed by atoms with van der Waals surface area (Å²) in [7, 11) is 1.85. The van der Waals surface area contributed by atoms with Gasteiger partial charge in [-0.2, -0.15) is 10.4 Å². The van der Waals surface area contributed by atoms with Crippen molar-refractivity contribution in [3.05, 3.63) is 39.8 Å². The first-order valence-electron chi connectivity index (χ1n) is 6.60. The van der Waals surface area contributed by atoms with Crippen molar-refractivity contribution in [2.75, 3.05) is 0 Å². The molecule has 0 spiro atoms. The molecule has 0 bridgehead atoms. The second-order valence-electron chi connectivity index (χ2n) is 6.00. The molecule has 2 heterocycles. The van der Waals surface area contributed by atoms with E-state index >= 15 is 0 Å².